The van der Waals surface area contributed by atoms with Gasteiger partial charge in [-0.3, -0.25) is 9.98 Å². The molecule has 0 bridgehead atoms. The van der Waals surface area contributed by atoms with Crippen molar-refractivity contribution in [2.75, 3.05) is 0 Å². The van der Waals surface area contributed by atoms with E-state index in [1.165, 1.54) is 22.3 Å². The maximum absolute atomic E-state index is 4.70. The van der Waals surface area contributed by atoms with Crippen molar-refractivity contribution >= 4 is 23.3 Å². The third-order valence-corrected chi connectivity index (χ3v) is 4.61. The van der Waals surface area contributed by atoms with Gasteiger partial charge in [0.05, 0.1) is 17.1 Å². The Hall–Kier alpha value is -2.22. The minimum absolute atomic E-state index is 0.920. The van der Waals surface area contributed by atoms with Crippen molar-refractivity contribution in [3.8, 4) is 0 Å². The van der Waals surface area contributed by atoms with Gasteiger partial charge in [-0.25, -0.2) is 0 Å². The van der Waals surface area contributed by atoms with Crippen LogP contribution in [0.5, 0.6) is 0 Å². The first-order valence-electron chi connectivity index (χ1n) is 9.44. The van der Waals surface area contributed by atoms with E-state index in [0.717, 1.165) is 42.8 Å². The average Bonchev–Trinajstić information content (AvgIpc) is 2.65. The van der Waals surface area contributed by atoms with Gasteiger partial charge in [0, 0.05) is 6.21 Å². The molecule has 2 aromatic rings. The van der Waals surface area contributed by atoms with Gasteiger partial charge in [-0.15, -0.1) is 0 Å². The molecule has 0 aliphatic rings. The zero-order valence-corrected chi connectivity index (χ0v) is 16.3. The van der Waals surface area contributed by atoms with E-state index in [2.05, 4.69) is 69.1 Å². The van der Waals surface area contributed by atoms with Gasteiger partial charge < -0.3 is 0 Å². The second kappa shape index (κ2) is 9.31. The van der Waals surface area contributed by atoms with Gasteiger partial charge in [0.15, 0.2) is 0 Å². The van der Waals surface area contributed by atoms with Crippen LogP contribution in [0.3, 0.4) is 0 Å². The molecule has 2 rings (SSSR count). The molecule has 0 heterocycles. The molecule has 0 spiro atoms. The normalized spacial score (nSPS) is 12.1. The molecule has 132 valence electrons. The van der Waals surface area contributed by atoms with Crippen molar-refractivity contribution in [1.82, 2.24) is 0 Å². The molecule has 0 amide bonds. The molecule has 2 aromatic carbocycles. The van der Waals surface area contributed by atoms with Gasteiger partial charge in [-0.1, -0.05) is 39.8 Å². The van der Waals surface area contributed by atoms with Crippen LogP contribution in [0.15, 0.2) is 46.4 Å². The van der Waals surface area contributed by atoms with Crippen LogP contribution < -0.4 is 0 Å². The standard InChI is InChI=1S/C23H30N2/c1-6-18-10-12-22(14-20(18)8-3)24-16-17(5)25-23-13-11-19(7-2)21(9-4)15-23/h10-16H,6-9H2,1-5H3. The predicted octanol–water partition coefficient (Wildman–Crippen LogP) is 6.43. The monoisotopic (exact) mass is 334 g/mol. The highest BCUT2D eigenvalue weighted by molar-refractivity contribution is 6.30. The highest BCUT2D eigenvalue weighted by atomic mass is 14.8. The lowest BCUT2D eigenvalue weighted by atomic mass is 10.0. The fourth-order valence-electron chi connectivity index (χ4n) is 3.12. The van der Waals surface area contributed by atoms with Crippen molar-refractivity contribution in [2.45, 2.75) is 60.3 Å². The maximum atomic E-state index is 4.70. The van der Waals surface area contributed by atoms with Crippen molar-refractivity contribution in [3.05, 3.63) is 58.7 Å². The number of nitrogens with zero attached hydrogens (tertiary/aromatic N) is 2. The Morgan fingerprint density at radius 1 is 0.720 bits per heavy atom. The summed E-state index contributed by atoms with van der Waals surface area (Å²) >= 11 is 0. The molecule has 2 heteroatoms. The van der Waals surface area contributed by atoms with Crippen molar-refractivity contribution in [3.63, 3.8) is 0 Å². The molecule has 0 unspecified atom stereocenters. The minimum Gasteiger partial charge on any atom is -0.255 e. The maximum Gasteiger partial charge on any atom is 0.0636 e. The van der Waals surface area contributed by atoms with Crippen LogP contribution in [0.1, 0.15) is 56.9 Å². The van der Waals surface area contributed by atoms with Gasteiger partial charge in [0.1, 0.15) is 0 Å². The van der Waals surface area contributed by atoms with Crippen molar-refractivity contribution in [2.24, 2.45) is 9.98 Å². The molecule has 0 radical (unpaired) electrons. The summed E-state index contributed by atoms with van der Waals surface area (Å²) in [7, 11) is 0. The van der Waals surface area contributed by atoms with Crippen LogP contribution in [0.4, 0.5) is 11.4 Å². The molecule has 0 fully saturated rings. The summed E-state index contributed by atoms with van der Waals surface area (Å²) < 4.78 is 0. The fraction of sp³-hybridized carbons (Fsp3) is 0.391. The summed E-state index contributed by atoms with van der Waals surface area (Å²) in [6.45, 7) is 10.8. The Morgan fingerprint density at radius 3 is 1.72 bits per heavy atom. The van der Waals surface area contributed by atoms with Crippen LogP contribution >= 0.6 is 0 Å². The van der Waals surface area contributed by atoms with Crippen LogP contribution in [-0.4, -0.2) is 11.9 Å². The highest BCUT2D eigenvalue weighted by Crippen LogP contribution is 2.21. The van der Waals surface area contributed by atoms with E-state index in [0.29, 0.717) is 0 Å². The SMILES string of the molecule is CCc1ccc(N=CC(C)=Nc2ccc(CC)c(CC)c2)cc1CC. The first-order valence-corrected chi connectivity index (χ1v) is 9.44. The summed E-state index contributed by atoms with van der Waals surface area (Å²) in [5.74, 6) is 0. The molecule has 0 aromatic heterocycles. The minimum atomic E-state index is 0.920. The third kappa shape index (κ3) is 5.12. The number of aliphatic imine (C=N–C) groups is 2. The lowest BCUT2D eigenvalue weighted by Crippen LogP contribution is -1.94. The third-order valence-electron chi connectivity index (χ3n) is 4.61. The van der Waals surface area contributed by atoms with Gasteiger partial charge in [-0.05, 0) is 79.1 Å². The van der Waals surface area contributed by atoms with E-state index < -0.39 is 0 Å². The van der Waals surface area contributed by atoms with Crippen LogP contribution in [-0.2, 0) is 25.7 Å². The molecule has 2 nitrogen and oxygen atoms in total. The molecular formula is C23H30N2. The average molecular weight is 335 g/mol. The lowest BCUT2D eigenvalue weighted by Gasteiger charge is -2.07. The number of rotatable bonds is 7. The molecule has 0 N–H and O–H groups in total. The largest absolute Gasteiger partial charge is 0.255 e. The zero-order chi connectivity index (χ0) is 18.2. The molecular weight excluding hydrogens is 304 g/mol. The second-order valence-corrected chi connectivity index (χ2v) is 6.33. The smallest absolute Gasteiger partial charge is 0.0636 e. The molecule has 25 heavy (non-hydrogen) atoms. The predicted molar refractivity (Wildman–Crippen MR) is 111 cm³/mol. The van der Waals surface area contributed by atoms with Gasteiger partial charge in [-0.2, -0.15) is 0 Å². The number of hydrogen-bond donors (Lipinski definition) is 0. The van der Waals surface area contributed by atoms with Crippen LogP contribution in [0.25, 0.3) is 0 Å². The topological polar surface area (TPSA) is 24.7 Å². The van der Waals surface area contributed by atoms with Gasteiger partial charge in [0.2, 0.25) is 0 Å². The Kier molecular flexibility index (Phi) is 7.12. The number of hydrogen-bond acceptors (Lipinski definition) is 2. The first kappa shape index (κ1) is 19.1. The van der Waals surface area contributed by atoms with E-state index in [4.69, 9.17) is 4.99 Å². The molecule has 0 saturated heterocycles. The summed E-state index contributed by atoms with van der Waals surface area (Å²) in [5, 5.41) is 0. The van der Waals surface area contributed by atoms with Gasteiger partial charge in [0.25, 0.3) is 0 Å². The van der Waals surface area contributed by atoms with E-state index in [-0.39, 0.29) is 0 Å². The lowest BCUT2D eigenvalue weighted by molar-refractivity contribution is 1.04. The summed E-state index contributed by atoms with van der Waals surface area (Å²) in [5.41, 5.74) is 8.52. The Morgan fingerprint density at radius 2 is 1.20 bits per heavy atom. The zero-order valence-electron chi connectivity index (χ0n) is 16.3. The van der Waals surface area contributed by atoms with Crippen molar-refractivity contribution in [1.29, 1.82) is 0 Å². The van der Waals surface area contributed by atoms with E-state index in [1.54, 1.807) is 0 Å². The highest BCUT2D eigenvalue weighted by Gasteiger charge is 2.01. The van der Waals surface area contributed by atoms with E-state index in [1.807, 2.05) is 13.1 Å². The van der Waals surface area contributed by atoms with Crippen LogP contribution in [0, 0.1) is 0 Å². The second-order valence-electron chi connectivity index (χ2n) is 6.33. The fourth-order valence-corrected chi connectivity index (χ4v) is 3.12. The first-order chi connectivity index (χ1) is 12.1. The summed E-state index contributed by atoms with van der Waals surface area (Å²) in [6, 6.07) is 13.0. The Balaban J connectivity index is 2.19. The Labute approximate surface area is 152 Å². The van der Waals surface area contributed by atoms with Crippen molar-refractivity contribution < 1.29 is 0 Å². The van der Waals surface area contributed by atoms with E-state index >= 15 is 0 Å². The Bertz CT molecular complexity index is 770. The molecule has 0 aliphatic carbocycles. The molecule has 0 atom stereocenters. The van der Waals surface area contributed by atoms with Crippen LogP contribution in [0.2, 0.25) is 0 Å². The molecule has 0 saturated carbocycles. The summed E-state index contributed by atoms with van der Waals surface area (Å²) in [6.07, 6.45) is 6.09. The number of aryl methyl sites for hydroxylation is 4. The van der Waals surface area contributed by atoms with Gasteiger partial charge >= 0.3 is 0 Å². The molecule has 0 aliphatic heterocycles. The summed E-state index contributed by atoms with van der Waals surface area (Å²) in [4.78, 5) is 9.31. The number of benzene rings is 2. The van der Waals surface area contributed by atoms with E-state index in [9.17, 15) is 0 Å². The quantitative estimate of drug-likeness (QED) is 0.521.